The minimum absolute atomic E-state index is 0.0683. The number of para-hydroxylation sites is 1. The molecule has 18 heavy (non-hydrogen) atoms. The van der Waals surface area contributed by atoms with Crippen LogP contribution in [0.25, 0.3) is 0 Å². The zero-order valence-electron chi connectivity index (χ0n) is 10.6. The molecule has 2 atom stereocenters. The van der Waals surface area contributed by atoms with Crippen molar-refractivity contribution >= 4 is 11.6 Å². The Balaban J connectivity index is 1.91. The Labute approximate surface area is 108 Å². The summed E-state index contributed by atoms with van der Waals surface area (Å²) in [6, 6.07) is 9.22. The lowest BCUT2D eigenvalue weighted by atomic mass is 10.1. The van der Waals surface area contributed by atoms with E-state index in [0.29, 0.717) is 17.2 Å². The Kier molecular flexibility index (Phi) is 3.99. The summed E-state index contributed by atoms with van der Waals surface area (Å²) in [5, 5.41) is 11.8. The standard InChI is InChI=1S/C15H18N2O/c1-2-3-6-11-9-13(11)15(18)17-14-8-5-4-7-12(14)10-16/h4-5,7-8,11,13H,2-3,6,9H2,1H3,(H,17,18)/t11-,13+/m0/s1. The van der Waals surface area contributed by atoms with Crippen molar-refractivity contribution in [3.05, 3.63) is 29.8 Å². The Morgan fingerprint density at radius 1 is 1.50 bits per heavy atom. The van der Waals surface area contributed by atoms with Gasteiger partial charge in [0.2, 0.25) is 5.91 Å². The predicted molar refractivity (Wildman–Crippen MR) is 70.9 cm³/mol. The summed E-state index contributed by atoms with van der Waals surface area (Å²) in [7, 11) is 0. The van der Waals surface area contributed by atoms with Gasteiger partial charge >= 0.3 is 0 Å². The van der Waals surface area contributed by atoms with Crippen LogP contribution in [0.15, 0.2) is 24.3 Å². The first-order chi connectivity index (χ1) is 8.76. The molecule has 1 amide bonds. The molecule has 0 bridgehead atoms. The second kappa shape index (κ2) is 5.68. The molecule has 94 valence electrons. The zero-order valence-corrected chi connectivity index (χ0v) is 10.6. The van der Waals surface area contributed by atoms with Crippen molar-refractivity contribution in [1.82, 2.24) is 0 Å². The van der Waals surface area contributed by atoms with E-state index in [2.05, 4.69) is 18.3 Å². The first kappa shape index (κ1) is 12.6. The number of benzene rings is 1. The maximum atomic E-state index is 12.0. The minimum Gasteiger partial charge on any atom is -0.325 e. The lowest BCUT2D eigenvalue weighted by Crippen LogP contribution is -2.15. The molecule has 1 aliphatic rings. The number of nitriles is 1. The lowest BCUT2D eigenvalue weighted by molar-refractivity contribution is -0.117. The number of rotatable bonds is 5. The molecule has 2 rings (SSSR count). The van der Waals surface area contributed by atoms with Crippen molar-refractivity contribution < 1.29 is 4.79 Å². The van der Waals surface area contributed by atoms with Gasteiger partial charge in [-0.15, -0.1) is 0 Å². The third-order valence-electron chi connectivity index (χ3n) is 3.49. The molecule has 0 spiro atoms. The average Bonchev–Trinajstić information content (AvgIpc) is 3.16. The number of anilines is 1. The molecule has 1 aromatic rings. The Morgan fingerprint density at radius 2 is 2.28 bits per heavy atom. The van der Waals surface area contributed by atoms with Gasteiger partial charge in [-0.25, -0.2) is 0 Å². The largest absolute Gasteiger partial charge is 0.325 e. The number of unbranched alkanes of at least 4 members (excludes halogenated alkanes) is 1. The lowest BCUT2D eigenvalue weighted by Gasteiger charge is -2.06. The van der Waals surface area contributed by atoms with Gasteiger partial charge in [0.1, 0.15) is 6.07 Å². The van der Waals surface area contributed by atoms with Gasteiger partial charge in [0.05, 0.1) is 11.3 Å². The molecule has 0 aromatic heterocycles. The van der Waals surface area contributed by atoms with Crippen LogP contribution in [0.2, 0.25) is 0 Å². The smallest absolute Gasteiger partial charge is 0.227 e. The molecule has 1 saturated carbocycles. The molecular weight excluding hydrogens is 224 g/mol. The number of nitrogens with zero attached hydrogens (tertiary/aromatic N) is 1. The minimum atomic E-state index is 0.0683. The Hall–Kier alpha value is -1.82. The monoisotopic (exact) mass is 242 g/mol. The molecule has 1 aliphatic carbocycles. The van der Waals surface area contributed by atoms with Gasteiger partial charge in [-0.3, -0.25) is 4.79 Å². The van der Waals surface area contributed by atoms with Crippen molar-refractivity contribution in [3.8, 4) is 6.07 Å². The summed E-state index contributed by atoms with van der Waals surface area (Å²) < 4.78 is 0. The number of nitrogens with one attached hydrogen (secondary N) is 1. The maximum Gasteiger partial charge on any atom is 0.227 e. The van der Waals surface area contributed by atoms with E-state index in [1.807, 2.05) is 6.07 Å². The van der Waals surface area contributed by atoms with Gasteiger partial charge in [0, 0.05) is 5.92 Å². The molecule has 1 fully saturated rings. The number of amides is 1. The summed E-state index contributed by atoms with van der Waals surface area (Å²) in [5.74, 6) is 0.779. The average molecular weight is 242 g/mol. The SMILES string of the molecule is CCCC[C@H]1C[C@H]1C(=O)Nc1ccccc1C#N. The summed E-state index contributed by atoms with van der Waals surface area (Å²) >= 11 is 0. The van der Waals surface area contributed by atoms with E-state index in [1.54, 1.807) is 18.2 Å². The molecule has 3 nitrogen and oxygen atoms in total. The number of carbonyl (C=O) groups is 1. The van der Waals surface area contributed by atoms with Crippen LogP contribution >= 0.6 is 0 Å². The number of carbonyl (C=O) groups excluding carboxylic acids is 1. The van der Waals surface area contributed by atoms with E-state index in [9.17, 15) is 4.79 Å². The molecule has 0 radical (unpaired) electrons. The first-order valence-corrected chi connectivity index (χ1v) is 6.56. The van der Waals surface area contributed by atoms with Crippen molar-refractivity contribution in [2.24, 2.45) is 11.8 Å². The summed E-state index contributed by atoms with van der Waals surface area (Å²) in [6.07, 6.45) is 4.53. The Bertz CT molecular complexity index is 476. The van der Waals surface area contributed by atoms with Gasteiger partial charge < -0.3 is 5.32 Å². The zero-order chi connectivity index (χ0) is 13.0. The first-order valence-electron chi connectivity index (χ1n) is 6.56. The highest BCUT2D eigenvalue weighted by Crippen LogP contribution is 2.43. The van der Waals surface area contributed by atoms with Crippen LogP contribution in [0, 0.1) is 23.2 Å². The molecule has 3 heteroatoms. The topological polar surface area (TPSA) is 52.9 Å². The van der Waals surface area contributed by atoms with E-state index in [-0.39, 0.29) is 11.8 Å². The fourth-order valence-electron chi connectivity index (χ4n) is 2.27. The Morgan fingerprint density at radius 3 is 3.00 bits per heavy atom. The molecule has 1 N–H and O–H groups in total. The van der Waals surface area contributed by atoms with Gasteiger partial charge in [-0.1, -0.05) is 31.9 Å². The molecule has 0 saturated heterocycles. The quantitative estimate of drug-likeness (QED) is 0.861. The van der Waals surface area contributed by atoms with E-state index in [4.69, 9.17) is 5.26 Å². The fourth-order valence-corrected chi connectivity index (χ4v) is 2.27. The van der Waals surface area contributed by atoms with Gasteiger partial charge in [-0.05, 0) is 30.9 Å². The normalized spacial score (nSPS) is 21.1. The summed E-state index contributed by atoms with van der Waals surface area (Å²) in [6.45, 7) is 2.17. The van der Waals surface area contributed by atoms with Crippen LogP contribution in [0.5, 0.6) is 0 Å². The van der Waals surface area contributed by atoms with Gasteiger partial charge in [-0.2, -0.15) is 5.26 Å². The van der Waals surface area contributed by atoms with Crippen molar-refractivity contribution in [3.63, 3.8) is 0 Å². The van der Waals surface area contributed by atoms with Crippen molar-refractivity contribution in [2.75, 3.05) is 5.32 Å². The van der Waals surface area contributed by atoms with E-state index < -0.39 is 0 Å². The third-order valence-corrected chi connectivity index (χ3v) is 3.49. The van der Waals surface area contributed by atoms with E-state index in [0.717, 1.165) is 12.8 Å². The molecule has 1 aromatic carbocycles. The molecule has 0 unspecified atom stereocenters. The summed E-state index contributed by atoms with van der Waals surface area (Å²) in [5.41, 5.74) is 1.16. The van der Waals surface area contributed by atoms with Crippen LogP contribution in [0.4, 0.5) is 5.69 Å². The maximum absolute atomic E-state index is 12.0. The predicted octanol–water partition coefficient (Wildman–Crippen LogP) is 3.32. The second-order valence-electron chi connectivity index (χ2n) is 4.89. The van der Waals surface area contributed by atoms with Gasteiger partial charge in [0.25, 0.3) is 0 Å². The van der Waals surface area contributed by atoms with Crippen LogP contribution in [0.3, 0.4) is 0 Å². The van der Waals surface area contributed by atoms with Gasteiger partial charge in [0.15, 0.2) is 0 Å². The third kappa shape index (κ3) is 2.89. The summed E-state index contributed by atoms with van der Waals surface area (Å²) in [4.78, 5) is 12.0. The van der Waals surface area contributed by atoms with E-state index >= 15 is 0 Å². The van der Waals surface area contributed by atoms with Crippen molar-refractivity contribution in [2.45, 2.75) is 32.6 Å². The fraction of sp³-hybridized carbons (Fsp3) is 0.467. The molecular formula is C15H18N2O. The number of hydrogen-bond acceptors (Lipinski definition) is 2. The highest BCUT2D eigenvalue weighted by molar-refractivity contribution is 5.95. The molecule has 0 heterocycles. The highest BCUT2D eigenvalue weighted by Gasteiger charge is 2.42. The van der Waals surface area contributed by atoms with Crippen molar-refractivity contribution in [1.29, 1.82) is 5.26 Å². The van der Waals surface area contributed by atoms with Crippen LogP contribution < -0.4 is 5.32 Å². The van der Waals surface area contributed by atoms with Crippen LogP contribution in [0.1, 0.15) is 38.2 Å². The van der Waals surface area contributed by atoms with E-state index in [1.165, 1.54) is 12.8 Å². The second-order valence-corrected chi connectivity index (χ2v) is 4.89. The highest BCUT2D eigenvalue weighted by atomic mass is 16.2. The van der Waals surface area contributed by atoms with Crippen LogP contribution in [-0.4, -0.2) is 5.91 Å². The van der Waals surface area contributed by atoms with Crippen LogP contribution in [-0.2, 0) is 4.79 Å². The number of hydrogen-bond donors (Lipinski definition) is 1. The molecule has 0 aliphatic heterocycles.